The molecule has 0 amide bonds. The number of aliphatic hydroxyl groups excluding tert-OH is 1. The van der Waals surface area contributed by atoms with Gasteiger partial charge in [0.05, 0.1) is 16.6 Å². The number of halogens is 4. The van der Waals surface area contributed by atoms with Crippen LogP contribution < -0.4 is 4.90 Å². The Balaban J connectivity index is 3.25. The molecule has 0 bridgehead atoms. The van der Waals surface area contributed by atoms with Gasteiger partial charge in [-0.15, -0.1) is 0 Å². The largest absolute Gasteiger partial charge is 0.405 e. The van der Waals surface area contributed by atoms with E-state index >= 15 is 0 Å². The summed E-state index contributed by atoms with van der Waals surface area (Å²) in [6.07, 6.45) is -4.57. The zero-order valence-electron chi connectivity index (χ0n) is 9.52. The van der Waals surface area contributed by atoms with Crippen molar-refractivity contribution in [1.29, 1.82) is 0 Å². The maximum Gasteiger partial charge on any atom is 0.405 e. The Morgan fingerprint density at radius 3 is 2.53 bits per heavy atom. The highest BCUT2D eigenvalue weighted by Crippen LogP contribution is 2.36. The fourth-order valence-corrected chi connectivity index (χ4v) is 1.86. The minimum absolute atomic E-state index is 0.174. The fourth-order valence-electron chi connectivity index (χ4n) is 1.57. The van der Waals surface area contributed by atoms with Gasteiger partial charge in [0.15, 0.2) is 0 Å². The van der Waals surface area contributed by atoms with Crippen LogP contribution in [-0.4, -0.2) is 35.9 Å². The second-order valence-corrected chi connectivity index (χ2v) is 4.03. The first-order valence-corrected chi connectivity index (χ1v) is 5.49. The highest BCUT2D eigenvalue weighted by molar-refractivity contribution is 6.33. The molecule has 1 aromatic carbocycles. The summed E-state index contributed by atoms with van der Waals surface area (Å²) in [5, 5.41) is 19.4. The van der Waals surface area contributed by atoms with E-state index in [2.05, 4.69) is 0 Å². The van der Waals surface area contributed by atoms with Gasteiger partial charge in [-0.05, 0) is 6.07 Å². The van der Waals surface area contributed by atoms with Gasteiger partial charge in [0, 0.05) is 12.6 Å². The lowest BCUT2D eigenvalue weighted by atomic mass is 10.2. The molecular weight excluding hydrogens is 289 g/mol. The number of hydrogen-bond donors (Lipinski definition) is 1. The third kappa shape index (κ3) is 4.25. The maximum atomic E-state index is 12.4. The van der Waals surface area contributed by atoms with Gasteiger partial charge in [0.1, 0.15) is 12.2 Å². The van der Waals surface area contributed by atoms with E-state index in [1.54, 1.807) is 0 Å². The lowest BCUT2D eigenvalue weighted by Gasteiger charge is -2.25. The van der Waals surface area contributed by atoms with Crippen LogP contribution in [0.1, 0.15) is 0 Å². The number of nitrogens with zero attached hydrogens (tertiary/aromatic N) is 2. The molecule has 0 atom stereocenters. The number of anilines is 1. The van der Waals surface area contributed by atoms with Gasteiger partial charge in [-0.1, -0.05) is 17.7 Å². The van der Waals surface area contributed by atoms with Crippen LogP contribution in [0.2, 0.25) is 5.02 Å². The zero-order valence-corrected chi connectivity index (χ0v) is 10.3. The van der Waals surface area contributed by atoms with Crippen molar-refractivity contribution in [3.05, 3.63) is 33.3 Å². The van der Waals surface area contributed by atoms with Gasteiger partial charge in [0.25, 0.3) is 5.69 Å². The lowest BCUT2D eigenvalue weighted by Crippen LogP contribution is -2.36. The van der Waals surface area contributed by atoms with E-state index in [1.165, 1.54) is 12.1 Å². The number of nitro groups is 1. The Morgan fingerprint density at radius 2 is 2.05 bits per heavy atom. The van der Waals surface area contributed by atoms with Gasteiger partial charge < -0.3 is 10.0 Å². The van der Waals surface area contributed by atoms with Crippen molar-refractivity contribution in [2.45, 2.75) is 6.18 Å². The minimum atomic E-state index is -4.57. The molecule has 0 unspecified atom stereocenters. The molecule has 1 rings (SSSR count). The molecule has 0 radical (unpaired) electrons. The molecule has 19 heavy (non-hydrogen) atoms. The first-order valence-electron chi connectivity index (χ1n) is 5.11. The van der Waals surface area contributed by atoms with Gasteiger partial charge in [-0.3, -0.25) is 10.1 Å². The van der Waals surface area contributed by atoms with E-state index in [0.29, 0.717) is 4.90 Å². The molecule has 0 saturated heterocycles. The minimum Gasteiger partial charge on any atom is -0.395 e. The molecule has 0 aliphatic carbocycles. The van der Waals surface area contributed by atoms with Crippen molar-refractivity contribution < 1.29 is 23.2 Å². The average Bonchev–Trinajstić information content (AvgIpc) is 2.26. The Labute approximate surface area is 111 Å². The third-order valence-electron chi connectivity index (χ3n) is 2.22. The van der Waals surface area contributed by atoms with Crippen molar-refractivity contribution >= 4 is 23.0 Å². The summed E-state index contributed by atoms with van der Waals surface area (Å²) < 4.78 is 37.3. The number of aliphatic hydroxyl groups is 1. The second-order valence-electron chi connectivity index (χ2n) is 3.63. The van der Waals surface area contributed by atoms with E-state index in [1.807, 2.05) is 0 Å². The van der Waals surface area contributed by atoms with E-state index in [4.69, 9.17) is 16.7 Å². The van der Waals surface area contributed by atoms with Crippen molar-refractivity contribution in [1.82, 2.24) is 0 Å². The monoisotopic (exact) mass is 298 g/mol. The van der Waals surface area contributed by atoms with Crippen molar-refractivity contribution in [3.63, 3.8) is 0 Å². The Kier molecular flexibility index (Phi) is 4.96. The van der Waals surface area contributed by atoms with E-state index < -0.39 is 36.5 Å². The van der Waals surface area contributed by atoms with Crippen LogP contribution in [0.5, 0.6) is 0 Å². The van der Waals surface area contributed by atoms with Gasteiger partial charge in [0.2, 0.25) is 0 Å². The second kappa shape index (κ2) is 6.07. The number of nitro benzene ring substituents is 1. The summed E-state index contributed by atoms with van der Waals surface area (Å²) in [5.41, 5.74) is -0.884. The summed E-state index contributed by atoms with van der Waals surface area (Å²) in [6.45, 7) is -2.43. The quantitative estimate of drug-likeness (QED) is 0.670. The predicted octanol–water partition coefficient (Wildman–Crippen LogP) is 2.61. The fraction of sp³-hybridized carbons (Fsp3) is 0.400. The molecule has 0 heterocycles. The Hall–Kier alpha value is -1.54. The van der Waals surface area contributed by atoms with E-state index in [-0.39, 0.29) is 10.7 Å². The normalized spacial score (nSPS) is 11.4. The number of rotatable bonds is 5. The first kappa shape index (κ1) is 15.5. The number of benzene rings is 1. The van der Waals surface area contributed by atoms with Crippen LogP contribution in [0.3, 0.4) is 0 Å². The molecule has 0 spiro atoms. The Morgan fingerprint density at radius 1 is 1.42 bits per heavy atom. The smallest absolute Gasteiger partial charge is 0.395 e. The molecule has 1 aromatic rings. The molecule has 106 valence electrons. The maximum absolute atomic E-state index is 12.4. The van der Waals surface area contributed by atoms with Crippen LogP contribution in [-0.2, 0) is 0 Å². The number of alkyl halides is 3. The molecule has 5 nitrogen and oxygen atoms in total. The Bertz CT molecular complexity index is 468. The van der Waals surface area contributed by atoms with E-state index in [0.717, 1.165) is 6.07 Å². The molecule has 0 aromatic heterocycles. The van der Waals surface area contributed by atoms with Crippen LogP contribution in [0.4, 0.5) is 24.5 Å². The highest BCUT2D eigenvalue weighted by atomic mass is 35.5. The van der Waals surface area contributed by atoms with E-state index in [9.17, 15) is 23.3 Å². The van der Waals surface area contributed by atoms with Gasteiger partial charge in [-0.2, -0.15) is 13.2 Å². The van der Waals surface area contributed by atoms with Crippen molar-refractivity contribution in [3.8, 4) is 0 Å². The van der Waals surface area contributed by atoms with Crippen molar-refractivity contribution in [2.24, 2.45) is 0 Å². The van der Waals surface area contributed by atoms with Gasteiger partial charge in [-0.25, -0.2) is 0 Å². The number of hydrogen-bond acceptors (Lipinski definition) is 4. The van der Waals surface area contributed by atoms with Crippen LogP contribution in [0.15, 0.2) is 18.2 Å². The predicted molar refractivity (Wildman–Crippen MR) is 63.5 cm³/mol. The molecule has 0 aliphatic rings. The summed E-state index contributed by atoms with van der Waals surface area (Å²) in [6, 6.07) is 3.58. The first-order chi connectivity index (χ1) is 8.76. The molecule has 0 aliphatic heterocycles. The molecular formula is C10H10ClF3N2O3. The highest BCUT2D eigenvalue weighted by Gasteiger charge is 2.34. The van der Waals surface area contributed by atoms with Crippen LogP contribution >= 0.6 is 11.6 Å². The third-order valence-corrected chi connectivity index (χ3v) is 2.52. The van der Waals surface area contributed by atoms with Gasteiger partial charge >= 0.3 is 6.18 Å². The summed E-state index contributed by atoms with van der Waals surface area (Å²) >= 11 is 5.74. The average molecular weight is 299 g/mol. The van der Waals surface area contributed by atoms with Crippen LogP contribution in [0.25, 0.3) is 0 Å². The summed E-state index contributed by atoms with van der Waals surface area (Å²) in [5.74, 6) is 0. The molecule has 0 fully saturated rings. The molecule has 9 heteroatoms. The van der Waals surface area contributed by atoms with Crippen molar-refractivity contribution in [2.75, 3.05) is 24.6 Å². The SMILES string of the molecule is O=[N+]([O-])c1cccc(Cl)c1N(CCO)CC(F)(F)F. The topological polar surface area (TPSA) is 66.6 Å². The summed E-state index contributed by atoms with van der Waals surface area (Å²) in [7, 11) is 0. The van der Waals surface area contributed by atoms with Crippen LogP contribution in [0, 0.1) is 10.1 Å². The summed E-state index contributed by atoms with van der Waals surface area (Å²) in [4.78, 5) is 10.6. The molecule has 1 N–H and O–H groups in total. The molecule has 0 saturated carbocycles. The lowest BCUT2D eigenvalue weighted by molar-refractivity contribution is -0.384. The number of para-hydroxylation sites is 1. The zero-order chi connectivity index (χ0) is 14.6. The standard InChI is InChI=1S/C10H10ClF3N2O3/c11-7-2-1-3-8(16(18)19)9(7)15(4-5-17)6-10(12,13)14/h1-3,17H,4-6H2.